The summed E-state index contributed by atoms with van der Waals surface area (Å²) >= 11 is 0. The lowest BCUT2D eigenvalue weighted by molar-refractivity contribution is 0.0474. The molecule has 0 aliphatic rings. The maximum absolute atomic E-state index is 13.5. The van der Waals surface area contributed by atoms with Gasteiger partial charge in [0.05, 0.1) is 16.8 Å². The Morgan fingerprint density at radius 1 is 0.806 bits per heavy atom. The number of nitrogens with zero attached hydrogens (tertiary/aromatic N) is 1. The van der Waals surface area contributed by atoms with Crippen LogP contribution in [0.4, 0.5) is 0 Å². The number of carbonyl (C=O) groups is 1. The lowest BCUT2D eigenvalue weighted by atomic mass is 9.84. The predicted octanol–water partition coefficient (Wildman–Crippen LogP) is 8.33. The van der Waals surface area contributed by atoms with Crippen LogP contribution >= 0.6 is 0 Å². The third-order valence-electron chi connectivity index (χ3n) is 6.91. The Labute approximate surface area is 212 Å². The first-order chi connectivity index (χ1) is 17.2. The van der Waals surface area contributed by atoms with Gasteiger partial charge in [-0.25, -0.2) is 9.78 Å². The summed E-state index contributed by atoms with van der Waals surface area (Å²) in [5.41, 5.74) is 7.76. The van der Waals surface area contributed by atoms with Crippen molar-refractivity contribution in [3.8, 4) is 11.3 Å². The molecule has 0 atom stereocenters. The van der Waals surface area contributed by atoms with Gasteiger partial charge in [0.15, 0.2) is 0 Å². The second-order valence-electron chi connectivity index (χ2n) is 10.5. The topological polar surface area (TPSA) is 39.2 Å². The molecule has 36 heavy (non-hydrogen) atoms. The molecule has 3 heteroatoms. The molecule has 1 heterocycles. The molecule has 0 spiro atoms. The zero-order chi connectivity index (χ0) is 25.4. The molecule has 0 unspecified atom stereocenters. The number of para-hydroxylation sites is 1. The van der Waals surface area contributed by atoms with Crippen LogP contribution in [0.15, 0.2) is 84.9 Å². The number of aromatic nitrogens is 1. The molecular weight excluding hydrogens is 442 g/mol. The number of aryl methyl sites for hydroxylation is 2. The molecule has 180 valence electrons. The van der Waals surface area contributed by atoms with Crippen LogP contribution in [0.3, 0.4) is 0 Å². The Kier molecular flexibility index (Phi) is 6.09. The van der Waals surface area contributed by atoms with E-state index in [2.05, 4.69) is 71.0 Å². The molecule has 0 amide bonds. The Bertz CT molecular complexity index is 1580. The Hall–Kier alpha value is -3.98. The highest BCUT2D eigenvalue weighted by molar-refractivity contribution is 6.06. The largest absolute Gasteiger partial charge is 0.457 e. The van der Waals surface area contributed by atoms with E-state index in [9.17, 15) is 4.79 Å². The van der Waals surface area contributed by atoms with Crippen LogP contribution in [0.1, 0.15) is 53.4 Å². The van der Waals surface area contributed by atoms with Crippen LogP contribution in [-0.4, -0.2) is 11.0 Å². The molecule has 5 aromatic rings. The van der Waals surface area contributed by atoms with Crippen molar-refractivity contribution in [2.45, 2.75) is 46.6 Å². The minimum Gasteiger partial charge on any atom is -0.457 e. The van der Waals surface area contributed by atoms with Crippen molar-refractivity contribution in [3.05, 3.63) is 113 Å². The monoisotopic (exact) mass is 473 g/mol. The van der Waals surface area contributed by atoms with E-state index < -0.39 is 0 Å². The summed E-state index contributed by atoms with van der Waals surface area (Å²) in [5.74, 6) is -0.339. The van der Waals surface area contributed by atoms with Crippen LogP contribution in [0.5, 0.6) is 0 Å². The van der Waals surface area contributed by atoms with Gasteiger partial charge in [-0.3, -0.25) is 0 Å². The second kappa shape index (κ2) is 9.23. The minimum absolute atomic E-state index is 0.0681. The van der Waals surface area contributed by atoms with E-state index in [1.165, 1.54) is 5.56 Å². The predicted molar refractivity (Wildman–Crippen MR) is 148 cm³/mol. The lowest BCUT2D eigenvalue weighted by Crippen LogP contribution is -2.13. The van der Waals surface area contributed by atoms with Gasteiger partial charge in [-0.1, -0.05) is 93.6 Å². The van der Waals surface area contributed by atoms with Crippen molar-refractivity contribution >= 4 is 27.6 Å². The van der Waals surface area contributed by atoms with E-state index in [0.717, 1.165) is 49.6 Å². The van der Waals surface area contributed by atoms with Crippen molar-refractivity contribution in [2.24, 2.45) is 0 Å². The summed E-state index contributed by atoms with van der Waals surface area (Å²) in [4.78, 5) is 18.4. The van der Waals surface area contributed by atoms with Crippen molar-refractivity contribution < 1.29 is 9.53 Å². The normalized spacial score (nSPS) is 11.7. The summed E-state index contributed by atoms with van der Waals surface area (Å²) in [6.07, 6.45) is 0. The molecule has 4 aromatic carbocycles. The highest BCUT2D eigenvalue weighted by Crippen LogP contribution is 2.31. The quantitative estimate of drug-likeness (QED) is 0.246. The molecule has 3 nitrogen and oxygen atoms in total. The molecule has 0 saturated carbocycles. The summed E-state index contributed by atoms with van der Waals surface area (Å²) in [7, 11) is 0. The van der Waals surface area contributed by atoms with Gasteiger partial charge in [0.25, 0.3) is 0 Å². The minimum atomic E-state index is -0.339. The standard InChI is InChI=1S/C33H31NO2/c1-21-17-24(33(3,4)5)18-22(2)29(21)20-36-32(35)28-19-31(34-30-16-9-8-14-27(28)30)26-15-10-12-23-11-6-7-13-25(23)26/h6-19H,20H2,1-5H3. The molecule has 0 saturated heterocycles. The number of carbonyl (C=O) groups excluding carboxylic acids is 1. The Morgan fingerprint density at radius 3 is 2.17 bits per heavy atom. The van der Waals surface area contributed by atoms with Crippen molar-refractivity contribution in [3.63, 3.8) is 0 Å². The summed E-state index contributed by atoms with van der Waals surface area (Å²) in [6, 6.07) is 28.4. The highest BCUT2D eigenvalue weighted by Gasteiger charge is 2.19. The number of benzene rings is 4. The fourth-order valence-corrected chi connectivity index (χ4v) is 4.80. The molecule has 5 rings (SSSR count). The van der Waals surface area contributed by atoms with Gasteiger partial charge in [0.1, 0.15) is 6.61 Å². The smallest absolute Gasteiger partial charge is 0.339 e. The van der Waals surface area contributed by atoms with Crippen LogP contribution in [0.2, 0.25) is 0 Å². The molecule has 0 aliphatic carbocycles. The summed E-state index contributed by atoms with van der Waals surface area (Å²) in [5, 5.41) is 3.04. The van der Waals surface area contributed by atoms with Gasteiger partial charge >= 0.3 is 5.97 Å². The molecule has 1 aromatic heterocycles. The van der Waals surface area contributed by atoms with E-state index in [4.69, 9.17) is 9.72 Å². The van der Waals surface area contributed by atoms with Gasteiger partial charge < -0.3 is 4.74 Å². The first kappa shape index (κ1) is 23.7. The molecular formula is C33H31NO2. The number of fused-ring (bicyclic) bond motifs is 2. The SMILES string of the molecule is Cc1cc(C(C)(C)C)cc(C)c1COC(=O)c1cc(-c2cccc3ccccc23)nc2ccccc12. The lowest BCUT2D eigenvalue weighted by Gasteiger charge is -2.22. The zero-order valence-electron chi connectivity index (χ0n) is 21.6. The Morgan fingerprint density at radius 2 is 1.44 bits per heavy atom. The molecule has 0 radical (unpaired) electrons. The third kappa shape index (κ3) is 4.49. The van der Waals surface area contributed by atoms with Crippen molar-refractivity contribution in [2.75, 3.05) is 0 Å². The summed E-state index contributed by atoms with van der Waals surface area (Å²) in [6.45, 7) is 11.0. The van der Waals surface area contributed by atoms with E-state index in [1.807, 2.05) is 48.5 Å². The number of pyridine rings is 1. The average molecular weight is 474 g/mol. The fourth-order valence-electron chi connectivity index (χ4n) is 4.80. The number of hydrogen-bond acceptors (Lipinski definition) is 3. The van der Waals surface area contributed by atoms with Gasteiger partial charge in [0, 0.05) is 10.9 Å². The molecule has 0 fully saturated rings. The fraction of sp³-hybridized carbons (Fsp3) is 0.212. The van der Waals surface area contributed by atoms with Crippen LogP contribution in [0.25, 0.3) is 32.9 Å². The average Bonchev–Trinajstić information content (AvgIpc) is 2.86. The first-order valence-corrected chi connectivity index (χ1v) is 12.4. The number of ether oxygens (including phenoxy) is 1. The highest BCUT2D eigenvalue weighted by atomic mass is 16.5. The molecule has 0 N–H and O–H groups in total. The number of hydrogen-bond donors (Lipinski definition) is 0. The number of rotatable bonds is 4. The van der Waals surface area contributed by atoms with Crippen molar-refractivity contribution in [1.29, 1.82) is 0 Å². The summed E-state index contributed by atoms with van der Waals surface area (Å²) < 4.78 is 5.92. The number of esters is 1. The van der Waals surface area contributed by atoms with E-state index in [1.54, 1.807) is 0 Å². The third-order valence-corrected chi connectivity index (χ3v) is 6.91. The van der Waals surface area contributed by atoms with Gasteiger partial charge in [-0.15, -0.1) is 0 Å². The van der Waals surface area contributed by atoms with Crippen LogP contribution in [0, 0.1) is 13.8 Å². The first-order valence-electron chi connectivity index (χ1n) is 12.4. The molecule has 0 aliphatic heterocycles. The Balaban J connectivity index is 1.53. The van der Waals surface area contributed by atoms with Crippen LogP contribution in [-0.2, 0) is 16.8 Å². The van der Waals surface area contributed by atoms with Gasteiger partial charge in [-0.2, -0.15) is 0 Å². The maximum Gasteiger partial charge on any atom is 0.339 e. The van der Waals surface area contributed by atoms with E-state index in [0.29, 0.717) is 5.56 Å². The zero-order valence-corrected chi connectivity index (χ0v) is 21.6. The van der Waals surface area contributed by atoms with E-state index in [-0.39, 0.29) is 18.0 Å². The maximum atomic E-state index is 13.5. The van der Waals surface area contributed by atoms with Crippen LogP contribution < -0.4 is 0 Å². The van der Waals surface area contributed by atoms with E-state index >= 15 is 0 Å². The van der Waals surface area contributed by atoms with Gasteiger partial charge in [-0.05, 0) is 64.4 Å². The molecule has 0 bridgehead atoms. The van der Waals surface area contributed by atoms with Gasteiger partial charge in [0.2, 0.25) is 0 Å². The second-order valence-corrected chi connectivity index (χ2v) is 10.5. The van der Waals surface area contributed by atoms with Crippen molar-refractivity contribution in [1.82, 2.24) is 4.98 Å².